The van der Waals surface area contributed by atoms with Gasteiger partial charge < -0.3 is 15.4 Å². The first-order valence-electron chi connectivity index (χ1n) is 6.83. The van der Waals surface area contributed by atoms with Gasteiger partial charge in [-0.3, -0.25) is 4.79 Å². The summed E-state index contributed by atoms with van der Waals surface area (Å²) in [7, 11) is 0. The Bertz CT molecular complexity index is 440. The van der Waals surface area contributed by atoms with Crippen LogP contribution >= 0.6 is 0 Å². The van der Waals surface area contributed by atoms with Gasteiger partial charge in [-0.15, -0.1) is 0 Å². The maximum Gasteiger partial charge on any atom is 0.250 e. The molecule has 1 amide bonds. The fourth-order valence-corrected chi connectivity index (χ4v) is 2.14. The Labute approximate surface area is 114 Å². The quantitative estimate of drug-likeness (QED) is 0.849. The van der Waals surface area contributed by atoms with Crippen LogP contribution in [0.1, 0.15) is 16.7 Å². The molecule has 104 valence electrons. The molecule has 1 heterocycles. The van der Waals surface area contributed by atoms with Gasteiger partial charge in [0.2, 0.25) is 5.91 Å². The van der Waals surface area contributed by atoms with Crippen molar-refractivity contribution >= 4 is 5.91 Å². The van der Waals surface area contributed by atoms with Gasteiger partial charge in [-0.05, 0) is 37.0 Å². The second-order valence-corrected chi connectivity index (χ2v) is 5.02. The standard InChI is InChI=1S/C15H22N2O2/c1-11-3-4-13(9-12(11)2)5-6-17-15(18)14-10-16-7-8-19-14/h3-4,9,14,16H,5-8,10H2,1-2H3,(H,17,18). The minimum Gasteiger partial charge on any atom is -0.366 e. The van der Waals surface area contributed by atoms with E-state index in [9.17, 15) is 4.79 Å². The van der Waals surface area contributed by atoms with Crippen molar-refractivity contribution in [2.45, 2.75) is 26.4 Å². The normalized spacial score (nSPS) is 19.2. The van der Waals surface area contributed by atoms with Gasteiger partial charge in [0.05, 0.1) is 6.61 Å². The number of morpholine rings is 1. The molecule has 0 spiro atoms. The zero-order chi connectivity index (χ0) is 13.7. The summed E-state index contributed by atoms with van der Waals surface area (Å²) in [5.41, 5.74) is 3.85. The van der Waals surface area contributed by atoms with E-state index in [2.05, 4.69) is 42.7 Å². The molecular weight excluding hydrogens is 240 g/mol. The molecule has 1 aromatic carbocycles. The molecule has 0 bridgehead atoms. The minimum atomic E-state index is -0.339. The van der Waals surface area contributed by atoms with Crippen LogP contribution in [0.25, 0.3) is 0 Å². The predicted molar refractivity (Wildman–Crippen MR) is 75.2 cm³/mol. The van der Waals surface area contributed by atoms with Crippen LogP contribution in [0.15, 0.2) is 18.2 Å². The van der Waals surface area contributed by atoms with Gasteiger partial charge in [0, 0.05) is 19.6 Å². The molecule has 0 radical (unpaired) electrons. The Morgan fingerprint density at radius 2 is 2.26 bits per heavy atom. The average molecular weight is 262 g/mol. The first kappa shape index (κ1) is 14.0. The zero-order valence-corrected chi connectivity index (χ0v) is 11.7. The summed E-state index contributed by atoms with van der Waals surface area (Å²) in [5.74, 6) is -0.0176. The van der Waals surface area contributed by atoms with Crippen LogP contribution in [-0.2, 0) is 16.0 Å². The number of benzene rings is 1. The molecule has 0 saturated carbocycles. The summed E-state index contributed by atoms with van der Waals surface area (Å²) >= 11 is 0. The second-order valence-electron chi connectivity index (χ2n) is 5.02. The number of amides is 1. The molecule has 1 fully saturated rings. The lowest BCUT2D eigenvalue weighted by Crippen LogP contribution is -2.48. The second kappa shape index (κ2) is 6.68. The van der Waals surface area contributed by atoms with E-state index in [1.54, 1.807) is 0 Å². The van der Waals surface area contributed by atoms with Crippen LogP contribution in [0, 0.1) is 13.8 Å². The molecule has 19 heavy (non-hydrogen) atoms. The van der Waals surface area contributed by atoms with Crippen molar-refractivity contribution in [1.29, 1.82) is 0 Å². The Morgan fingerprint density at radius 3 is 2.95 bits per heavy atom. The highest BCUT2D eigenvalue weighted by Gasteiger charge is 2.20. The van der Waals surface area contributed by atoms with E-state index in [1.807, 2.05) is 0 Å². The van der Waals surface area contributed by atoms with E-state index in [0.717, 1.165) is 13.0 Å². The number of carbonyl (C=O) groups excluding carboxylic acids is 1. The summed E-state index contributed by atoms with van der Waals surface area (Å²) in [5, 5.41) is 6.08. The lowest BCUT2D eigenvalue weighted by atomic mass is 10.0. The van der Waals surface area contributed by atoms with Gasteiger partial charge in [0.25, 0.3) is 0 Å². The van der Waals surface area contributed by atoms with Crippen molar-refractivity contribution in [3.05, 3.63) is 34.9 Å². The van der Waals surface area contributed by atoms with Gasteiger partial charge in [0.1, 0.15) is 6.10 Å². The van der Waals surface area contributed by atoms with E-state index < -0.39 is 0 Å². The summed E-state index contributed by atoms with van der Waals surface area (Å²) in [6, 6.07) is 6.42. The lowest BCUT2D eigenvalue weighted by molar-refractivity contribution is -0.134. The van der Waals surface area contributed by atoms with Crippen LogP contribution in [0.3, 0.4) is 0 Å². The molecule has 1 aliphatic rings. The first-order valence-corrected chi connectivity index (χ1v) is 6.83. The molecule has 4 heteroatoms. The molecule has 1 saturated heterocycles. The third-order valence-corrected chi connectivity index (χ3v) is 3.50. The maximum absolute atomic E-state index is 11.8. The predicted octanol–water partition coefficient (Wildman–Crippen LogP) is 0.951. The molecule has 1 aromatic rings. The molecule has 2 N–H and O–H groups in total. The van der Waals surface area contributed by atoms with Gasteiger partial charge >= 0.3 is 0 Å². The Kier molecular flexibility index (Phi) is 4.93. The number of carbonyl (C=O) groups is 1. The summed E-state index contributed by atoms with van der Waals surface area (Å²) < 4.78 is 5.40. The van der Waals surface area contributed by atoms with Crippen LogP contribution in [0.2, 0.25) is 0 Å². The number of hydrogen-bond acceptors (Lipinski definition) is 3. The van der Waals surface area contributed by atoms with Crippen molar-refractivity contribution in [2.24, 2.45) is 0 Å². The molecule has 1 aliphatic heterocycles. The fourth-order valence-electron chi connectivity index (χ4n) is 2.14. The van der Waals surface area contributed by atoms with Crippen molar-refractivity contribution in [3.8, 4) is 0 Å². The van der Waals surface area contributed by atoms with Crippen molar-refractivity contribution < 1.29 is 9.53 Å². The number of aryl methyl sites for hydroxylation is 2. The van der Waals surface area contributed by atoms with Crippen molar-refractivity contribution in [2.75, 3.05) is 26.2 Å². The van der Waals surface area contributed by atoms with E-state index in [0.29, 0.717) is 19.7 Å². The Balaban J connectivity index is 1.76. The van der Waals surface area contributed by atoms with Crippen LogP contribution in [0.5, 0.6) is 0 Å². The highest BCUT2D eigenvalue weighted by molar-refractivity contribution is 5.81. The number of ether oxygens (including phenoxy) is 1. The first-order chi connectivity index (χ1) is 9.16. The highest BCUT2D eigenvalue weighted by Crippen LogP contribution is 2.09. The molecule has 2 rings (SSSR count). The van der Waals surface area contributed by atoms with E-state index in [1.165, 1.54) is 16.7 Å². The van der Waals surface area contributed by atoms with E-state index >= 15 is 0 Å². The lowest BCUT2D eigenvalue weighted by Gasteiger charge is -2.22. The van der Waals surface area contributed by atoms with Crippen LogP contribution in [0.4, 0.5) is 0 Å². The smallest absolute Gasteiger partial charge is 0.250 e. The Hall–Kier alpha value is -1.39. The van der Waals surface area contributed by atoms with Crippen LogP contribution in [-0.4, -0.2) is 38.3 Å². The van der Waals surface area contributed by atoms with Crippen molar-refractivity contribution in [1.82, 2.24) is 10.6 Å². The number of rotatable bonds is 4. The third kappa shape index (κ3) is 4.04. The van der Waals surface area contributed by atoms with Gasteiger partial charge in [-0.25, -0.2) is 0 Å². The highest BCUT2D eigenvalue weighted by atomic mass is 16.5. The molecule has 1 atom stereocenters. The number of nitrogens with one attached hydrogen (secondary N) is 2. The van der Waals surface area contributed by atoms with Crippen molar-refractivity contribution in [3.63, 3.8) is 0 Å². The molecule has 1 unspecified atom stereocenters. The molecule has 0 aromatic heterocycles. The monoisotopic (exact) mass is 262 g/mol. The minimum absolute atomic E-state index is 0.0176. The summed E-state index contributed by atoms with van der Waals surface area (Å²) in [4.78, 5) is 11.8. The Morgan fingerprint density at radius 1 is 1.42 bits per heavy atom. The topological polar surface area (TPSA) is 50.4 Å². The van der Waals surface area contributed by atoms with E-state index in [4.69, 9.17) is 4.74 Å². The fraction of sp³-hybridized carbons (Fsp3) is 0.533. The maximum atomic E-state index is 11.8. The van der Waals surface area contributed by atoms with E-state index in [-0.39, 0.29) is 12.0 Å². The van der Waals surface area contributed by atoms with Gasteiger partial charge in [0.15, 0.2) is 0 Å². The molecular formula is C15H22N2O2. The van der Waals surface area contributed by atoms with Gasteiger partial charge in [-0.2, -0.15) is 0 Å². The summed E-state index contributed by atoms with van der Waals surface area (Å²) in [6.45, 7) is 6.91. The molecule has 4 nitrogen and oxygen atoms in total. The SMILES string of the molecule is Cc1ccc(CCNC(=O)C2CNCCO2)cc1C. The summed E-state index contributed by atoms with van der Waals surface area (Å²) in [6.07, 6.45) is 0.515. The zero-order valence-electron chi connectivity index (χ0n) is 11.7. The van der Waals surface area contributed by atoms with Gasteiger partial charge in [-0.1, -0.05) is 18.2 Å². The number of hydrogen-bond donors (Lipinski definition) is 2. The average Bonchev–Trinajstić information content (AvgIpc) is 2.43. The van der Waals surface area contributed by atoms with Crippen LogP contribution < -0.4 is 10.6 Å². The largest absolute Gasteiger partial charge is 0.366 e. The molecule has 0 aliphatic carbocycles. The third-order valence-electron chi connectivity index (χ3n) is 3.50.